The molecule has 132 valence electrons. The molecule has 2 unspecified atom stereocenters. The topological polar surface area (TPSA) is 0 Å². The van der Waals surface area contributed by atoms with Gasteiger partial charge in [-0.1, -0.05) is 103 Å². The summed E-state index contributed by atoms with van der Waals surface area (Å²) >= 11 is 0. The molecule has 0 spiro atoms. The van der Waals surface area contributed by atoms with Crippen molar-refractivity contribution in [3.05, 3.63) is 11.6 Å². The largest absolute Gasteiger partial charge is 0.0887 e. The van der Waals surface area contributed by atoms with Crippen molar-refractivity contribution in [2.75, 3.05) is 0 Å². The van der Waals surface area contributed by atoms with Crippen LogP contribution in [0, 0.1) is 11.8 Å². The second kappa shape index (κ2) is 15.6. The summed E-state index contributed by atoms with van der Waals surface area (Å²) in [5.74, 6) is 1.81. The Bertz CT molecular complexity index is 251. The summed E-state index contributed by atoms with van der Waals surface area (Å²) in [5.41, 5.74) is 1.55. The van der Waals surface area contributed by atoms with E-state index >= 15 is 0 Å². The molecule has 0 rings (SSSR count). The van der Waals surface area contributed by atoms with E-state index < -0.39 is 0 Å². The standard InChI is InChI=1S/C22H44/c1-6-8-9-10-11-12-13-14-15-18-21(4)22(5)19-16-17-20(3)7-2/h7,21-22H,6,8-19H2,1-5H3. The quantitative estimate of drug-likeness (QED) is 0.211. The molecule has 0 N–H and O–H groups in total. The van der Waals surface area contributed by atoms with Crippen molar-refractivity contribution in [2.45, 2.75) is 118 Å². The molecule has 0 aliphatic rings. The number of rotatable bonds is 15. The highest BCUT2D eigenvalue weighted by molar-refractivity contribution is 4.94. The van der Waals surface area contributed by atoms with Crippen molar-refractivity contribution in [3.63, 3.8) is 0 Å². The van der Waals surface area contributed by atoms with Gasteiger partial charge in [-0.05, 0) is 38.5 Å². The fourth-order valence-corrected chi connectivity index (χ4v) is 3.19. The van der Waals surface area contributed by atoms with Gasteiger partial charge in [0.05, 0.1) is 0 Å². The summed E-state index contributed by atoms with van der Waals surface area (Å²) in [4.78, 5) is 0. The maximum atomic E-state index is 2.47. The second-order valence-electron chi connectivity index (χ2n) is 7.60. The third kappa shape index (κ3) is 13.4. The Kier molecular flexibility index (Phi) is 15.4. The van der Waals surface area contributed by atoms with Gasteiger partial charge in [0.2, 0.25) is 0 Å². The van der Waals surface area contributed by atoms with Crippen molar-refractivity contribution in [1.82, 2.24) is 0 Å². The van der Waals surface area contributed by atoms with Crippen LogP contribution in [0.3, 0.4) is 0 Å². The van der Waals surface area contributed by atoms with Crippen LogP contribution in [0.2, 0.25) is 0 Å². The molecule has 0 saturated carbocycles. The van der Waals surface area contributed by atoms with E-state index in [0.29, 0.717) is 0 Å². The normalized spacial score (nSPS) is 15.0. The van der Waals surface area contributed by atoms with Crippen LogP contribution in [-0.4, -0.2) is 0 Å². The van der Waals surface area contributed by atoms with Gasteiger partial charge in [-0.25, -0.2) is 0 Å². The Morgan fingerprint density at radius 2 is 1.18 bits per heavy atom. The van der Waals surface area contributed by atoms with Gasteiger partial charge < -0.3 is 0 Å². The Morgan fingerprint density at radius 1 is 0.727 bits per heavy atom. The minimum absolute atomic E-state index is 0.902. The van der Waals surface area contributed by atoms with Crippen molar-refractivity contribution < 1.29 is 0 Å². The molecule has 0 aromatic carbocycles. The number of hydrogen-bond acceptors (Lipinski definition) is 0. The van der Waals surface area contributed by atoms with Crippen molar-refractivity contribution in [2.24, 2.45) is 11.8 Å². The average molecular weight is 309 g/mol. The van der Waals surface area contributed by atoms with Gasteiger partial charge in [-0.2, -0.15) is 0 Å². The molecule has 0 fully saturated rings. The molecule has 0 amide bonds. The lowest BCUT2D eigenvalue weighted by molar-refractivity contribution is 0.326. The summed E-state index contributed by atoms with van der Waals surface area (Å²) in [6.07, 6.45) is 20.8. The van der Waals surface area contributed by atoms with Crippen LogP contribution >= 0.6 is 0 Å². The van der Waals surface area contributed by atoms with Gasteiger partial charge in [0, 0.05) is 0 Å². The summed E-state index contributed by atoms with van der Waals surface area (Å²) < 4.78 is 0. The second-order valence-corrected chi connectivity index (χ2v) is 7.60. The molecule has 0 aliphatic heterocycles. The SMILES string of the molecule is CC=C(C)CCCC(C)C(C)CCCCCCCCCCC. The predicted molar refractivity (Wildman–Crippen MR) is 103 cm³/mol. The van der Waals surface area contributed by atoms with E-state index in [4.69, 9.17) is 0 Å². The lowest BCUT2D eigenvalue weighted by atomic mass is 9.86. The van der Waals surface area contributed by atoms with Gasteiger partial charge in [0.25, 0.3) is 0 Å². The molecular formula is C22H44. The van der Waals surface area contributed by atoms with Crippen molar-refractivity contribution >= 4 is 0 Å². The summed E-state index contributed by atoms with van der Waals surface area (Å²) in [6.45, 7) is 11.6. The van der Waals surface area contributed by atoms with Gasteiger partial charge in [-0.3, -0.25) is 0 Å². The van der Waals surface area contributed by atoms with Gasteiger partial charge >= 0.3 is 0 Å². The molecule has 22 heavy (non-hydrogen) atoms. The Balaban J connectivity index is 3.42. The van der Waals surface area contributed by atoms with E-state index in [9.17, 15) is 0 Å². The highest BCUT2D eigenvalue weighted by Gasteiger charge is 2.11. The monoisotopic (exact) mass is 308 g/mol. The van der Waals surface area contributed by atoms with Gasteiger partial charge in [0.1, 0.15) is 0 Å². The van der Waals surface area contributed by atoms with E-state index in [1.165, 1.54) is 83.5 Å². The zero-order valence-corrected chi connectivity index (χ0v) is 16.4. The maximum absolute atomic E-state index is 2.47. The van der Waals surface area contributed by atoms with E-state index in [2.05, 4.69) is 40.7 Å². The lowest BCUT2D eigenvalue weighted by Gasteiger charge is -2.20. The van der Waals surface area contributed by atoms with E-state index in [1.54, 1.807) is 5.57 Å². The molecule has 0 heterocycles. The summed E-state index contributed by atoms with van der Waals surface area (Å²) in [7, 11) is 0. The van der Waals surface area contributed by atoms with Crippen molar-refractivity contribution in [1.29, 1.82) is 0 Å². The fourth-order valence-electron chi connectivity index (χ4n) is 3.19. The lowest BCUT2D eigenvalue weighted by Crippen LogP contribution is -2.08. The van der Waals surface area contributed by atoms with Crippen LogP contribution in [-0.2, 0) is 0 Å². The zero-order chi connectivity index (χ0) is 16.6. The molecule has 0 heteroatoms. The minimum atomic E-state index is 0.902. The maximum Gasteiger partial charge on any atom is -0.0323 e. The van der Waals surface area contributed by atoms with Crippen LogP contribution in [0.25, 0.3) is 0 Å². The summed E-state index contributed by atoms with van der Waals surface area (Å²) in [5, 5.41) is 0. The first kappa shape index (κ1) is 21.7. The predicted octanol–water partition coefficient (Wildman–Crippen LogP) is 8.32. The van der Waals surface area contributed by atoms with Gasteiger partial charge in [-0.15, -0.1) is 0 Å². The number of allylic oxidation sites excluding steroid dienone is 2. The number of unbranched alkanes of at least 4 members (excludes halogenated alkanes) is 8. The Hall–Kier alpha value is -0.260. The van der Waals surface area contributed by atoms with Crippen LogP contribution in [0.15, 0.2) is 11.6 Å². The molecule has 0 saturated heterocycles. The minimum Gasteiger partial charge on any atom is -0.0887 e. The fraction of sp³-hybridized carbons (Fsp3) is 0.909. The average Bonchev–Trinajstić information content (AvgIpc) is 2.52. The molecule has 0 aromatic heterocycles. The number of hydrogen-bond donors (Lipinski definition) is 0. The van der Waals surface area contributed by atoms with Crippen molar-refractivity contribution in [3.8, 4) is 0 Å². The molecule has 0 radical (unpaired) electrons. The molecule has 2 atom stereocenters. The highest BCUT2D eigenvalue weighted by Crippen LogP contribution is 2.24. The van der Waals surface area contributed by atoms with E-state index in [0.717, 1.165) is 11.8 Å². The zero-order valence-electron chi connectivity index (χ0n) is 16.4. The highest BCUT2D eigenvalue weighted by atomic mass is 14.2. The van der Waals surface area contributed by atoms with Crippen LogP contribution < -0.4 is 0 Å². The Morgan fingerprint density at radius 3 is 1.68 bits per heavy atom. The molecule has 0 aromatic rings. The first-order valence-electron chi connectivity index (χ1n) is 10.2. The first-order valence-corrected chi connectivity index (χ1v) is 10.2. The van der Waals surface area contributed by atoms with Crippen LogP contribution in [0.1, 0.15) is 118 Å². The first-order chi connectivity index (χ1) is 10.6. The van der Waals surface area contributed by atoms with E-state index in [-0.39, 0.29) is 0 Å². The van der Waals surface area contributed by atoms with Crippen LogP contribution in [0.4, 0.5) is 0 Å². The van der Waals surface area contributed by atoms with Gasteiger partial charge in [0.15, 0.2) is 0 Å². The Labute approximate surface area is 142 Å². The third-order valence-electron chi connectivity index (χ3n) is 5.46. The van der Waals surface area contributed by atoms with E-state index in [1.807, 2.05) is 0 Å². The summed E-state index contributed by atoms with van der Waals surface area (Å²) in [6, 6.07) is 0. The van der Waals surface area contributed by atoms with Crippen LogP contribution in [0.5, 0.6) is 0 Å². The molecular weight excluding hydrogens is 264 g/mol. The third-order valence-corrected chi connectivity index (χ3v) is 5.46. The molecule has 0 nitrogen and oxygen atoms in total. The molecule has 0 aliphatic carbocycles. The smallest absolute Gasteiger partial charge is 0.0323 e. The molecule has 0 bridgehead atoms.